The maximum absolute atomic E-state index is 9.23. The first-order valence-corrected chi connectivity index (χ1v) is 7.57. The van der Waals surface area contributed by atoms with Crippen molar-refractivity contribution in [1.82, 2.24) is 0 Å². The topological polar surface area (TPSA) is 20.2 Å². The molecule has 0 bridgehead atoms. The largest absolute Gasteiger partial charge is 0.396 e. The molecule has 1 heteroatoms. The fraction of sp³-hybridized carbons (Fsp3) is 0.667. The van der Waals surface area contributed by atoms with E-state index in [0.717, 1.165) is 6.42 Å². The molecule has 0 fully saturated rings. The summed E-state index contributed by atoms with van der Waals surface area (Å²) in [7, 11) is 0. The molecule has 0 amide bonds. The summed E-state index contributed by atoms with van der Waals surface area (Å²) < 4.78 is 0. The molecule has 1 N–H and O–H groups in total. The van der Waals surface area contributed by atoms with Crippen molar-refractivity contribution in [2.75, 3.05) is 6.61 Å². The van der Waals surface area contributed by atoms with Crippen LogP contribution in [0.5, 0.6) is 0 Å². The minimum Gasteiger partial charge on any atom is -0.396 e. The lowest BCUT2D eigenvalue weighted by Gasteiger charge is -2.07. The third-order valence-electron chi connectivity index (χ3n) is 3.21. The average Bonchev–Trinajstić information content (AvgIpc) is 2.44. The van der Waals surface area contributed by atoms with Gasteiger partial charge in [0, 0.05) is 12.5 Å². The summed E-state index contributed by atoms with van der Waals surface area (Å²) >= 11 is 0. The first kappa shape index (κ1) is 17.8. The second-order valence-corrected chi connectivity index (χ2v) is 4.94. The van der Waals surface area contributed by atoms with Crippen LogP contribution in [0, 0.1) is 5.92 Å². The van der Waals surface area contributed by atoms with Crippen molar-refractivity contribution in [2.45, 2.75) is 64.7 Å². The molecule has 0 aromatic rings. The van der Waals surface area contributed by atoms with Crippen LogP contribution in [0.15, 0.2) is 35.6 Å². The molecule has 106 valence electrons. The third kappa shape index (κ3) is 13.1. The van der Waals surface area contributed by atoms with E-state index in [0.29, 0.717) is 0 Å². The Kier molecular flexibility index (Phi) is 14.0. The molecule has 0 aliphatic heterocycles. The zero-order valence-electron chi connectivity index (χ0n) is 12.4. The van der Waals surface area contributed by atoms with Crippen LogP contribution in [0.3, 0.4) is 0 Å². The summed E-state index contributed by atoms with van der Waals surface area (Å²) in [5.74, 6) is 0.194. The van der Waals surface area contributed by atoms with Crippen molar-refractivity contribution < 1.29 is 5.11 Å². The zero-order valence-corrected chi connectivity index (χ0v) is 12.4. The summed E-state index contributed by atoms with van der Waals surface area (Å²) in [6, 6.07) is 0. The molecular weight excluding hydrogens is 232 g/mol. The second-order valence-electron chi connectivity index (χ2n) is 4.94. The predicted octanol–water partition coefficient (Wildman–Crippen LogP) is 4.93. The van der Waals surface area contributed by atoms with Crippen molar-refractivity contribution in [3.63, 3.8) is 0 Å². The van der Waals surface area contributed by atoms with Crippen molar-refractivity contribution >= 4 is 0 Å². The van der Waals surface area contributed by atoms with Crippen molar-refractivity contribution in [1.29, 1.82) is 0 Å². The van der Waals surface area contributed by atoms with E-state index in [1.54, 1.807) is 0 Å². The third-order valence-corrected chi connectivity index (χ3v) is 3.21. The van der Waals surface area contributed by atoms with Gasteiger partial charge in [0.2, 0.25) is 0 Å². The first-order chi connectivity index (χ1) is 9.35. The van der Waals surface area contributed by atoms with Crippen molar-refractivity contribution in [3.05, 3.63) is 35.6 Å². The van der Waals surface area contributed by atoms with Gasteiger partial charge in [-0.3, -0.25) is 0 Å². The van der Waals surface area contributed by atoms with E-state index < -0.39 is 0 Å². The highest BCUT2D eigenvalue weighted by atomic mass is 16.3. The van der Waals surface area contributed by atoms with Gasteiger partial charge in [0.25, 0.3) is 0 Å². The standard InChI is InChI=1S/C18H28O/c1-3-5-7-9-10-11-12-14-16-18(17-19)15-13-8-6-4-2/h15,18-19H,2-3,5,7,9-12,14,16-17H2,1H3. The van der Waals surface area contributed by atoms with Crippen LogP contribution in [-0.4, -0.2) is 11.7 Å². The Morgan fingerprint density at radius 1 is 1.00 bits per heavy atom. The molecule has 1 unspecified atom stereocenters. The van der Waals surface area contributed by atoms with Gasteiger partial charge >= 0.3 is 0 Å². The van der Waals surface area contributed by atoms with Gasteiger partial charge in [0.1, 0.15) is 0 Å². The van der Waals surface area contributed by atoms with E-state index >= 15 is 0 Å². The highest BCUT2D eigenvalue weighted by Crippen LogP contribution is 2.13. The van der Waals surface area contributed by atoms with E-state index in [2.05, 4.69) is 36.4 Å². The zero-order chi connectivity index (χ0) is 14.2. The minimum atomic E-state index is 0.184. The Morgan fingerprint density at radius 3 is 2.21 bits per heavy atom. The van der Waals surface area contributed by atoms with E-state index in [9.17, 15) is 5.11 Å². The number of aliphatic hydroxyl groups is 1. The Balaban J connectivity index is 3.65. The van der Waals surface area contributed by atoms with Crippen molar-refractivity contribution in [3.8, 4) is 0 Å². The minimum absolute atomic E-state index is 0.184. The monoisotopic (exact) mass is 260 g/mol. The van der Waals surface area contributed by atoms with E-state index in [1.807, 2.05) is 6.08 Å². The molecule has 1 atom stereocenters. The van der Waals surface area contributed by atoms with Crippen molar-refractivity contribution in [2.24, 2.45) is 5.92 Å². The maximum Gasteiger partial charge on any atom is 0.0500 e. The van der Waals surface area contributed by atoms with Gasteiger partial charge < -0.3 is 5.11 Å². The SMILES string of the molecule is C=C=C=C=C=CC(CO)CCCCCCCCCC. The molecule has 19 heavy (non-hydrogen) atoms. The molecule has 1 nitrogen and oxygen atoms in total. The van der Waals surface area contributed by atoms with Crippen LogP contribution in [-0.2, 0) is 0 Å². The number of hydrogen-bond donors (Lipinski definition) is 1. The Hall–Kier alpha value is -1.18. The number of aliphatic hydroxyl groups excluding tert-OH is 1. The molecule has 0 saturated heterocycles. The van der Waals surface area contributed by atoms with Crippen LogP contribution in [0.1, 0.15) is 64.7 Å². The Morgan fingerprint density at radius 2 is 1.63 bits per heavy atom. The van der Waals surface area contributed by atoms with Crippen LogP contribution in [0.25, 0.3) is 0 Å². The van der Waals surface area contributed by atoms with Gasteiger partial charge in [0.05, 0.1) is 0 Å². The smallest absolute Gasteiger partial charge is 0.0500 e. The number of rotatable bonds is 11. The van der Waals surface area contributed by atoms with Gasteiger partial charge in [-0.25, -0.2) is 0 Å². The van der Waals surface area contributed by atoms with Gasteiger partial charge in [-0.05, 0) is 30.5 Å². The first-order valence-electron chi connectivity index (χ1n) is 7.57. The average molecular weight is 260 g/mol. The molecule has 0 aliphatic carbocycles. The lowest BCUT2D eigenvalue weighted by Crippen LogP contribution is -2.01. The fourth-order valence-electron chi connectivity index (χ4n) is 2.01. The Bertz CT molecular complexity index is 344. The van der Waals surface area contributed by atoms with Crippen LogP contribution < -0.4 is 0 Å². The normalized spacial score (nSPS) is 10.8. The molecule has 0 aromatic carbocycles. The van der Waals surface area contributed by atoms with Gasteiger partial charge in [-0.1, -0.05) is 69.8 Å². The molecule has 0 heterocycles. The molecule has 0 saturated carbocycles. The van der Waals surface area contributed by atoms with Crippen LogP contribution in [0.4, 0.5) is 0 Å². The molecule has 0 radical (unpaired) electrons. The number of hydrogen-bond acceptors (Lipinski definition) is 1. The molecule has 0 aromatic heterocycles. The van der Waals surface area contributed by atoms with Crippen LogP contribution in [0.2, 0.25) is 0 Å². The van der Waals surface area contributed by atoms with E-state index in [4.69, 9.17) is 0 Å². The molecule has 0 aliphatic rings. The lowest BCUT2D eigenvalue weighted by atomic mass is 10.0. The quantitative estimate of drug-likeness (QED) is 0.412. The molecule has 0 rings (SSSR count). The van der Waals surface area contributed by atoms with Crippen LogP contribution >= 0.6 is 0 Å². The second kappa shape index (κ2) is 14.9. The molecular formula is C18H28O. The molecule has 0 spiro atoms. The summed E-state index contributed by atoms with van der Waals surface area (Å²) in [5, 5.41) is 9.23. The van der Waals surface area contributed by atoms with Gasteiger partial charge in [-0.15, -0.1) is 0 Å². The summed E-state index contributed by atoms with van der Waals surface area (Å²) in [4.78, 5) is 0. The summed E-state index contributed by atoms with van der Waals surface area (Å²) in [6.07, 6.45) is 13.5. The van der Waals surface area contributed by atoms with E-state index in [-0.39, 0.29) is 12.5 Å². The van der Waals surface area contributed by atoms with Gasteiger partial charge in [0.15, 0.2) is 0 Å². The number of unbranched alkanes of at least 4 members (excludes halogenated alkanes) is 7. The van der Waals surface area contributed by atoms with Gasteiger partial charge in [-0.2, -0.15) is 0 Å². The van der Waals surface area contributed by atoms with E-state index in [1.165, 1.54) is 51.4 Å². The summed E-state index contributed by atoms with van der Waals surface area (Å²) in [6.45, 7) is 5.82. The summed E-state index contributed by atoms with van der Waals surface area (Å²) in [5.41, 5.74) is 10.6. The lowest BCUT2D eigenvalue weighted by molar-refractivity contribution is 0.243. The highest BCUT2D eigenvalue weighted by Gasteiger charge is 2.02. The Labute approximate surface area is 118 Å². The maximum atomic E-state index is 9.23. The highest BCUT2D eigenvalue weighted by molar-refractivity contribution is 4.90. The fourth-order valence-corrected chi connectivity index (χ4v) is 2.01. The predicted molar refractivity (Wildman–Crippen MR) is 82.1 cm³/mol.